The molecule has 0 bridgehead atoms. The molecular formula is C13H20N4O5. The number of ether oxygens (including phenoxy) is 2. The van der Waals surface area contributed by atoms with Gasteiger partial charge in [0.2, 0.25) is 0 Å². The fourth-order valence-electron chi connectivity index (χ4n) is 2.08. The first-order chi connectivity index (χ1) is 10.2. The molecule has 9 heteroatoms. The van der Waals surface area contributed by atoms with Crippen LogP contribution in [-0.2, 0) is 16.0 Å². The molecule has 9 nitrogen and oxygen atoms in total. The molecule has 0 aliphatic carbocycles. The van der Waals surface area contributed by atoms with Crippen LogP contribution in [0.3, 0.4) is 0 Å². The Bertz CT molecular complexity index is 551. The first-order valence-corrected chi connectivity index (χ1v) is 7.01. The number of morpholine rings is 1. The average Bonchev–Trinajstić information content (AvgIpc) is 2.86. The van der Waals surface area contributed by atoms with E-state index < -0.39 is 10.5 Å². The lowest BCUT2D eigenvalue weighted by molar-refractivity contribution is -0.385. The topological polar surface area (TPSA) is 99.7 Å². The maximum Gasteiger partial charge on any atom is 0.410 e. The summed E-state index contributed by atoms with van der Waals surface area (Å²) >= 11 is 0. The molecule has 0 N–H and O–H groups in total. The van der Waals surface area contributed by atoms with Gasteiger partial charge in [-0.2, -0.15) is 5.10 Å². The lowest BCUT2D eigenvalue weighted by Gasteiger charge is -2.34. The lowest BCUT2D eigenvalue weighted by Crippen LogP contribution is -2.48. The van der Waals surface area contributed by atoms with Crippen molar-refractivity contribution in [2.45, 2.75) is 39.0 Å². The van der Waals surface area contributed by atoms with Crippen LogP contribution < -0.4 is 0 Å². The summed E-state index contributed by atoms with van der Waals surface area (Å²) in [5, 5.41) is 14.6. The van der Waals surface area contributed by atoms with Crippen molar-refractivity contribution in [2.75, 3.05) is 19.7 Å². The van der Waals surface area contributed by atoms with E-state index in [1.54, 1.807) is 4.90 Å². The zero-order valence-electron chi connectivity index (χ0n) is 12.9. The summed E-state index contributed by atoms with van der Waals surface area (Å²) in [4.78, 5) is 23.8. The van der Waals surface area contributed by atoms with E-state index in [0.717, 1.165) is 0 Å². The molecule has 0 spiro atoms. The van der Waals surface area contributed by atoms with E-state index in [1.807, 2.05) is 20.8 Å². The molecule has 1 aliphatic heterocycles. The van der Waals surface area contributed by atoms with Gasteiger partial charge >= 0.3 is 11.8 Å². The van der Waals surface area contributed by atoms with E-state index in [2.05, 4.69) is 5.10 Å². The van der Waals surface area contributed by atoms with Crippen molar-refractivity contribution >= 4 is 11.8 Å². The Morgan fingerprint density at radius 2 is 2.32 bits per heavy atom. The highest BCUT2D eigenvalue weighted by Crippen LogP contribution is 2.15. The standard InChI is InChI=1S/C13H20N4O5/c1-13(2,3)22-12(18)15-4-5-21-11(8-15)9-16-7-10(6-14-16)17(19)20/h6-7,11H,4-5,8-9H2,1-3H3. The van der Waals surface area contributed by atoms with Gasteiger partial charge in [0, 0.05) is 6.54 Å². The molecule has 1 aromatic rings. The van der Waals surface area contributed by atoms with Crippen molar-refractivity contribution < 1.29 is 19.2 Å². The minimum atomic E-state index is -0.548. The maximum atomic E-state index is 12.0. The zero-order valence-corrected chi connectivity index (χ0v) is 12.9. The van der Waals surface area contributed by atoms with Crippen LogP contribution >= 0.6 is 0 Å². The molecule has 122 valence electrons. The van der Waals surface area contributed by atoms with E-state index in [-0.39, 0.29) is 17.9 Å². The molecule has 0 saturated carbocycles. The number of aromatic nitrogens is 2. The Morgan fingerprint density at radius 3 is 2.91 bits per heavy atom. The van der Waals surface area contributed by atoms with Crippen molar-refractivity contribution in [3.63, 3.8) is 0 Å². The fourth-order valence-corrected chi connectivity index (χ4v) is 2.08. The van der Waals surface area contributed by atoms with Gasteiger partial charge in [0.1, 0.15) is 18.0 Å². The number of carbonyl (C=O) groups is 1. The largest absolute Gasteiger partial charge is 0.444 e. The normalized spacial score (nSPS) is 19.0. The second-order valence-corrected chi connectivity index (χ2v) is 6.10. The monoisotopic (exact) mass is 312 g/mol. The maximum absolute atomic E-state index is 12.0. The number of nitrogens with zero attached hydrogens (tertiary/aromatic N) is 4. The van der Waals surface area contributed by atoms with E-state index in [1.165, 1.54) is 17.1 Å². The molecule has 2 rings (SSSR count). The van der Waals surface area contributed by atoms with Crippen molar-refractivity contribution in [1.29, 1.82) is 0 Å². The summed E-state index contributed by atoms with van der Waals surface area (Å²) in [5.74, 6) is 0. The minimum absolute atomic E-state index is 0.0696. The lowest BCUT2D eigenvalue weighted by atomic mass is 10.2. The third-order valence-electron chi connectivity index (χ3n) is 3.01. The summed E-state index contributed by atoms with van der Waals surface area (Å²) < 4.78 is 12.4. The Morgan fingerprint density at radius 1 is 1.59 bits per heavy atom. The predicted octanol–water partition coefficient (Wildman–Crippen LogP) is 1.43. The number of carbonyl (C=O) groups excluding carboxylic acids is 1. The molecular weight excluding hydrogens is 292 g/mol. The van der Waals surface area contributed by atoms with Gasteiger partial charge in [0.05, 0.1) is 30.7 Å². The van der Waals surface area contributed by atoms with Gasteiger partial charge in [-0.05, 0) is 20.8 Å². The number of nitro groups is 1. The van der Waals surface area contributed by atoms with Crippen molar-refractivity contribution in [3.8, 4) is 0 Å². The highest BCUT2D eigenvalue weighted by Gasteiger charge is 2.28. The molecule has 1 unspecified atom stereocenters. The van der Waals surface area contributed by atoms with Crippen molar-refractivity contribution in [2.24, 2.45) is 0 Å². The Hall–Kier alpha value is -2.16. The fraction of sp³-hybridized carbons (Fsp3) is 0.692. The van der Waals surface area contributed by atoms with Crippen LogP contribution in [0.5, 0.6) is 0 Å². The summed E-state index contributed by atoms with van der Waals surface area (Å²) in [6.45, 7) is 7.00. The second-order valence-electron chi connectivity index (χ2n) is 6.10. The van der Waals surface area contributed by atoms with E-state index >= 15 is 0 Å². The van der Waals surface area contributed by atoms with Crippen LogP contribution in [0.2, 0.25) is 0 Å². The molecule has 1 amide bonds. The van der Waals surface area contributed by atoms with Gasteiger partial charge in [0.25, 0.3) is 0 Å². The van der Waals surface area contributed by atoms with Crippen LogP contribution in [0.25, 0.3) is 0 Å². The number of rotatable bonds is 3. The summed E-state index contributed by atoms with van der Waals surface area (Å²) in [6.07, 6.45) is 1.87. The average molecular weight is 312 g/mol. The third kappa shape index (κ3) is 4.42. The highest BCUT2D eigenvalue weighted by molar-refractivity contribution is 5.68. The molecule has 1 saturated heterocycles. The zero-order chi connectivity index (χ0) is 16.3. The van der Waals surface area contributed by atoms with Crippen LogP contribution in [-0.4, -0.2) is 57.1 Å². The predicted molar refractivity (Wildman–Crippen MR) is 76.4 cm³/mol. The van der Waals surface area contributed by atoms with Gasteiger partial charge in [-0.1, -0.05) is 0 Å². The van der Waals surface area contributed by atoms with E-state index in [9.17, 15) is 14.9 Å². The van der Waals surface area contributed by atoms with E-state index in [0.29, 0.717) is 26.2 Å². The number of amides is 1. The Balaban J connectivity index is 1.92. The minimum Gasteiger partial charge on any atom is -0.444 e. The molecule has 22 heavy (non-hydrogen) atoms. The van der Waals surface area contributed by atoms with Gasteiger partial charge in [-0.3, -0.25) is 14.8 Å². The van der Waals surface area contributed by atoms with Gasteiger partial charge in [0.15, 0.2) is 0 Å². The summed E-state index contributed by atoms with van der Waals surface area (Å²) in [5.41, 5.74) is -0.618. The number of hydrogen-bond acceptors (Lipinski definition) is 6. The summed E-state index contributed by atoms with van der Waals surface area (Å²) in [6, 6.07) is 0. The third-order valence-corrected chi connectivity index (χ3v) is 3.01. The first kappa shape index (κ1) is 16.2. The summed E-state index contributed by atoms with van der Waals surface area (Å²) in [7, 11) is 0. The number of hydrogen-bond donors (Lipinski definition) is 0. The van der Waals surface area contributed by atoms with Crippen LogP contribution in [0.15, 0.2) is 12.4 Å². The van der Waals surface area contributed by atoms with Gasteiger partial charge in [-0.25, -0.2) is 4.79 Å². The molecule has 1 aliphatic rings. The molecule has 0 aromatic carbocycles. The van der Waals surface area contributed by atoms with E-state index in [4.69, 9.17) is 9.47 Å². The van der Waals surface area contributed by atoms with Crippen molar-refractivity contribution in [3.05, 3.63) is 22.5 Å². The van der Waals surface area contributed by atoms with Gasteiger partial charge < -0.3 is 14.4 Å². The SMILES string of the molecule is CC(C)(C)OC(=O)N1CCOC(Cn2cc([N+](=O)[O-])cn2)C1. The molecule has 1 aromatic heterocycles. The highest BCUT2D eigenvalue weighted by atomic mass is 16.6. The van der Waals surface area contributed by atoms with Gasteiger partial charge in [-0.15, -0.1) is 0 Å². The molecule has 2 heterocycles. The first-order valence-electron chi connectivity index (χ1n) is 7.01. The molecule has 1 fully saturated rings. The Kier molecular flexibility index (Phi) is 4.65. The van der Waals surface area contributed by atoms with Crippen LogP contribution in [0.4, 0.5) is 10.5 Å². The molecule has 0 radical (unpaired) electrons. The smallest absolute Gasteiger partial charge is 0.410 e. The van der Waals surface area contributed by atoms with Crippen molar-refractivity contribution in [1.82, 2.24) is 14.7 Å². The molecule has 1 atom stereocenters. The van der Waals surface area contributed by atoms with Crippen LogP contribution in [0.1, 0.15) is 20.8 Å². The second kappa shape index (κ2) is 6.30. The Labute approximate surface area is 127 Å². The quantitative estimate of drug-likeness (QED) is 0.618. The van der Waals surface area contributed by atoms with Crippen LogP contribution in [0, 0.1) is 10.1 Å².